The number of hydrogen-bond acceptors (Lipinski definition) is 2. The second-order valence-electron chi connectivity index (χ2n) is 4.46. The standard InChI is InChI=1S/C16H13ClN2/c1-11-7-8-13(17)10-15(11)19-14-6-2-4-12-5-3-9-18-16(12)14/h2-10,19H,1H3. The van der Waals surface area contributed by atoms with Gasteiger partial charge >= 0.3 is 0 Å². The lowest BCUT2D eigenvalue weighted by atomic mass is 10.1. The van der Waals surface area contributed by atoms with Crippen molar-refractivity contribution in [1.29, 1.82) is 0 Å². The Morgan fingerprint density at radius 1 is 1.00 bits per heavy atom. The highest BCUT2D eigenvalue weighted by atomic mass is 35.5. The van der Waals surface area contributed by atoms with E-state index in [2.05, 4.69) is 29.4 Å². The smallest absolute Gasteiger partial charge is 0.0936 e. The van der Waals surface area contributed by atoms with Gasteiger partial charge in [0.15, 0.2) is 0 Å². The van der Waals surface area contributed by atoms with Gasteiger partial charge in [-0.25, -0.2) is 0 Å². The third kappa shape index (κ3) is 2.40. The lowest BCUT2D eigenvalue weighted by Crippen LogP contribution is -1.95. The number of anilines is 2. The predicted molar refractivity (Wildman–Crippen MR) is 81.2 cm³/mol. The summed E-state index contributed by atoms with van der Waals surface area (Å²) in [5.74, 6) is 0. The highest BCUT2D eigenvalue weighted by molar-refractivity contribution is 6.30. The molecule has 3 rings (SSSR count). The highest BCUT2D eigenvalue weighted by Gasteiger charge is 2.04. The molecule has 0 aliphatic rings. The molecule has 0 aliphatic heterocycles. The summed E-state index contributed by atoms with van der Waals surface area (Å²) in [6.45, 7) is 2.05. The number of aryl methyl sites for hydroxylation is 1. The number of rotatable bonds is 2. The molecule has 1 N–H and O–H groups in total. The molecule has 0 bridgehead atoms. The van der Waals surface area contributed by atoms with E-state index in [1.54, 1.807) is 6.20 Å². The molecule has 1 aromatic heterocycles. The van der Waals surface area contributed by atoms with Gasteiger partial charge in [0.05, 0.1) is 11.2 Å². The molecule has 0 saturated heterocycles. The molecule has 19 heavy (non-hydrogen) atoms. The topological polar surface area (TPSA) is 24.9 Å². The zero-order valence-corrected chi connectivity index (χ0v) is 11.3. The van der Waals surface area contributed by atoms with E-state index >= 15 is 0 Å². The highest BCUT2D eigenvalue weighted by Crippen LogP contribution is 2.28. The fourth-order valence-electron chi connectivity index (χ4n) is 2.08. The fraction of sp³-hybridized carbons (Fsp3) is 0.0625. The van der Waals surface area contributed by atoms with Crippen molar-refractivity contribution in [2.24, 2.45) is 0 Å². The Hall–Kier alpha value is -2.06. The monoisotopic (exact) mass is 268 g/mol. The summed E-state index contributed by atoms with van der Waals surface area (Å²) < 4.78 is 0. The summed E-state index contributed by atoms with van der Waals surface area (Å²) in [6.07, 6.45) is 1.80. The Morgan fingerprint density at radius 3 is 2.74 bits per heavy atom. The molecule has 0 radical (unpaired) electrons. The maximum Gasteiger partial charge on any atom is 0.0936 e. The number of hydrogen-bond donors (Lipinski definition) is 1. The molecule has 0 fully saturated rings. The summed E-state index contributed by atoms with van der Waals surface area (Å²) in [4.78, 5) is 4.43. The first-order valence-electron chi connectivity index (χ1n) is 6.11. The lowest BCUT2D eigenvalue weighted by molar-refractivity contribution is 1.39. The van der Waals surface area contributed by atoms with Crippen LogP contribution in [0.5, 0.6) is 0 Å². The first-order valence-corrected chi connectivity index (χ1v) is 6.49. The van der Waals surface area contributed by atoms with Crippen molar-refractivity contribution in [1.82, 2.24) is 4.98 Å². The van der Waals surface area contributed by atoms with Crippen molar-refractivity contribution in [2.45, 2.75) is 6.92 Å². The SMILES string of the molecule is Cc1ccc(Cl)cc1Nc1cccc2cccnc12. The van der Waals surface area contributed by atoms with Gasteiger partial charge in [0.1, 0.15) is 0 Å². The van der Waals surface area contributed by atoms with Gasteiger partial charge in [-0.05, 0) is 36.8 Å². The lowest BCUT2D eigenvalue weighted by Gasteiger charge is -2.11. The van der Waals surface area contributed by atoms with Crippen LogP contribution in [-0.4, -0.2) is 4.98 Å². The third-order valence-electron chi connectivity index (χ3n) is 3.10. The van der Waals surface area contributed by atoms with Crippen LogP contribution < -0.4 is 5.32 Å². The number of benzene rings is 2. The van der Waals surface area contributed by atoms with E-state index in [0.717, 1.165) is 32.9 Å². The summed E-state index contributed by atoms with van der Waals surface area (Å²) in [7, 11) is 0. The molecular weight excluding hydrogens is 256 g/mol. The molecule has 94 valence electrons. The van der Waals surface area contributed by atoms with Crippen molar-refractivity contribution in [3.05, 3.63) is 65.3 Å². The van der Waals surface area contributed by atoms with E-state index in [4.69, 9.17) is 11.6 Å². The largest absolute Gasteiger partial charge is 0.353 e. The van der Waals surface area contributed by atoms with E-state index in [9.17, 15) is 0 Å². The summed E-state index contributed by atoms with van der Waals surface area (Å²) in [6, 6.07) is 15.9. The van der Waals surface area contributed by atoms with Crippen molar-refractivity contribution < 1.29 is 0 Å². The van der Waals surface area contributed by atoms with Crippen LogP contribution in [0.4, 0.5) is 11.4 Å². The van der Waals surface area contributed by atoms with Gasteiger partial charge in [-0.3, -0.25) is 4.98 Å². The van der Waals surface area contributed by atoms with Gasteiger partial charge in [0, 0.05) is 22.3 Å². The molecule has 2 aromatic carbocycles. The molecule has 0 atom stereocenters. The number of fused-ring (bicyclic) bond motifs is 1. The third-order valence-corrected chi connectivity index (χ3v) is 3.34. The Balaban J connectivity index is 2.08. The average Bonchev–Trinajstić information content (AvgIpc) is 2.43. The summed E-state index contributed by atoms with van der Waals surface area (Å²) in [5, 5.41) is 5.25. The summed E-state index contributed by atoms with van der Waals surface area (Å²) >= 11 is 6.05. The molecule has 0 unspecified atom stereocenters. The van der Waals surface area contributed by atoms with Crippen molar-refractivity contribution in [2.75, 3.05) is 5.32 Å². The van der Waals surface area contributed by atoms with Crippen molar-refractivity contribution in [3.63, 3.8) is 0 Å². The summed E-state index contributed by atoms with van der Waals surface area (Å²) in [5.41, 5.74) is 4.11. The maximum atomic E-state index is 6.05. The Labute approximate surface area is 117 Å². The zero-order valence-electron chi connectivity index (χ0n) is 10.5. The molecule has 3 aromatic rings. The maximum absolute atomic E-state index is 6.05. The molecule has 0 saturated carbocycles. The molecule has 3 heteroatoms. The molecular formula is C16H13ClN2. The number of para-hydroxylation sites is 1. The Morgan fingerprint density at radius 2 is 1.84 bits per heavy atom. The fourth-order valence-corrected chi connectivity index (χ4v) is 2.25. The van der Waals surface area contributed by atoms with Crippen LogP contribution in [0.25, 0.3) is 10.9 Å². The number of pyridine rings is 1. The van der Waals surface area contributed by atoms with Crippen LogP contribution >= 0.6 is 11.6 Å². The van der Waals surface area contributed by atoms with E-state index in [1.165, 1.54) is 0 Å². The van der Waals surface area contributed by atoms with E-state index < -0.39 is 0 Å². The van der Waals surface area contributed by atoms with Gasteiger partial charge in [0.25, 0.3) is 0 Å². The van der Waals surface area contributed by atoms with E-state index in [0.29, 0.717) is 0 Å². The van der Waals surface area contributed by atoms with Crippen LogP contribution in [0.1, 0.15) is 5.56 Å². The minimum atomic E-state index is 0.723. The second-order valence-corrected chi connectivity index (χ2v) is 4.90. The number of aromatic nitrogens is 1. The number of nitrogens with one attached hydrogen (secondary N) is 1. The van der Waals surface area contributed by atoms with Crippen molar-refractivity contribution in [3.8, 4) is 0 Å². The molecule has 2 nitrogen and oxygen atoms in total. The number of halogens is 1. The quantitative estimate of drug-likeness (QED) is 0.712. The van der Waals surface area contributed by atoms with E-state index in [1.807, 2.05) is 36.4 Å². The molecule has 0 spiro atoms. The molecule has 1 heterocycles. The first kappa shape index (κ1) is 12.0. The predicted octanol–water partition coefficient (Wildman–Crippen LogP) is 4.94. The van der Waals surface area contributed by atoms with Crippen LogP contribution in [-0.2, 0) is 0 Å². The van der Waals surface area contributed by atoms with Crippen LogP contribution in [0.3, 0.4) is 0 Å². The second kappa shape index (κ2) is 4.90. The molecule has 0 aliphatic carbocycles. The van der Waals surface area contributed by atoms with Gasteiger partial charge in [-0.1, -0.05) is 35.9 Å². The van der Waals surface area contributed by atoms with Crippen molar-refractivity contribution >= 4 is 33.9 Å². The zero-order chi connectivity index (χ0) is 13.2. The van der Waals surface area contributed by atoms with Gasteiger partial charge in [-0.2, -0.15) is 0 Å². The van der Waals surface area contributed by atoms with Gasteiger partial charge in [-0.15, -0.1) is 0 Å². The van der Waals surface area contributed by atoms with Gasteiger partial charge < -0.3 is 5.32 Å². The Kier molecular flexibility index (Phi) is 3.10. The first-order chi connectivity index (χ1) is 9.24. The van der Waals surface area contributed by atoms with E-state index in [-0.39, 0.29) is 0 Å². The minimum absolute atomic E-state index is 0.723. The van der Waals surface area contributed by atoms with Gasteiger partial charge in [0.2, 0.25) is 0 Å². The normalized spacial score (nSPS) is 10.6. The average molecular weight is 269 g/mol. The minimum Gasteiger partial charge on any atom is -0.353 e. The molecule has 0 amide bonds. The van der Waals surface area contributed by atoms with Crippen LogP contribution in [0.15, 0.2) is 54.7 Å². The number of nitrogens with zero attached hydrogens (tertiary/aromatic N) is 1. The Bertz CT molecular complexity index is 732. The van der Waals surface area contributed by atoms with Crippen LogP contribution in [0, 0.1) is 6.92 Å². The van der Waals surface area contributed by atoms with Crippen LogP contribution in [0.2, 0.25) is 5.02 Å².